The first kappa shape index (κ1) is 29.3. The number of nitrogens with zero attached hydrogens (tertiary/aromatic N) is 2. The number of aldehydes is 1. The highest BCUT2D eigenvalue weighted by atomic mass is 35.5. The molecule has 0 saturated carbocycles. The lowest BCUT2D eigenvalue weighted by Gasteiger charge is -2.25. The number of rotatable bonds is 9. The number of anilines is 2. The van der Waals surface area contributed by atoms with Crippen molar-refractivity contribution in [2.45, 2.75) is 25.4 Å². The summed E-state index contributed by atoms with van der Waals surface area (Å²) in [7, 11) is 0. The van der Waals surface area contributed by atoms with Crippen LogP contribution in [0.4, 0.5) is 11.4 Å². The number of carboxylic acids is 1. The minimum atomic E-state index is -1.30. The monoisotopic (exact) mass is 574 g/mol. The number of amides is 4. The molecule has 1 aliphatic rings. The Hall–Kier alpha value is -4.22. The lowest BCUT2D eigenvalue weighted by Crippen LogP contribution is -2.54. The summed E-state index contributed by atoms with van der Waals surface area (Å²) in [4.78, 5) is 76.1. The van der Waals surface area contributed by atoms with Gasteiger partial charge in [-0.15, -0.1) is 0 Å². The lowest BCUT2D eigenvalue weighted by atomic mass is 10.2. The normalized spacial score (nSPS) is 15.8. The Morgan fingerprint density at radius 3 is 2.41 bits per heavy atom. The first-order valence-electron chi connectivity index (χ1n) is 11.6. The first-order valence-corrected chi connectivity index (χ1v) is 12.3. The average Bonchev–Trinajstić information content (AvgIpc) is 2.99. The van der Waals surface area contributed by atoms with E-state index < -0.39 is 54.6 Å². The number of hydrogen-bond donors (Lipinski definition) is 3. The summed E-state index contributed by atoms with van der Waals surface area (Å²) in [5.74, 6) is -3.86. The van der Waals surface area contributed by atoms with Gasteiger partial charge in [-0.3, -0.25) is 28.9 Å². The molecule has 1 aliphatic heterocycles. The number of aliphatic carboxylic acids is 1. The number of fused-ring (bicyclic) bond motifs is 1. The summed E-state index contributed by atoms with van der Waals surface area (Å²) in [6.45, 7) is 0.482. The summed E-state index contributed by atoms with van der Waals surface area (Å²) in [5, 5.41) is 14.4. The summed E-state index contributed by atoms with van der Waals surface area (Å²) >= 11 is 11.9. The molecule has 0 saturated heterocycles. The lowest BCUT2D eigenvalue weighted by molar-refractivity contribution is -0.139. The summed E-state index contributed by atoms with van der Waals surface area (Å²) in [5.41, 5.74) is 1.12. The van der Waals surface area contributed by atoms with E-state index in [9.17, 15) is 28.8 Å². The second-order valence-corrected chi connectivity index (χ2v) is 9.33. The third kappa shape index (κ3) is 7.65. The average molecular weight is 575 g/mol. The molecule has 4 amide bonds. The number of nitrogens with one attached hydrogen (secondary N) is 2. The van der Waals surface area contributed by atoms with Crippen LogP contribution in [0.1, 0.15) is 18.9 Å². The molecule has 0 spiro atoms. The van der Waals surface area contributed by atoms with Gasteiger partial charge in [-0.1, -0.05) is 41.4 Å². The van der Waals surface area contributed by atoms with Crippen molar-refractivity contribution in [1.82, 2.24) is 10.6 Å². The van der Waals surface area contributed by atoms with Crippen LogP contribution in [0.15, 0.2) is 48.5 Å². The fourth-order valence-corrected chi connectivity index (χ4v) is 4.19. The molecule has 11 nitrogen and oxygen atoms in total. The van der Waals surface area contributed by atoms with E-state index in [1.165, 1.54) is 30.0 Å². The van der Waals surface area contributed by atoms with Gasteiger partial charge in [-0.25, -0.2) is 0 Å². The predicted molar refractivity (Wildman–Crippen MR) is 144 cm³/mol. The van der Waals surface area contributed by atoms with Gasteiger partial charge in [0.25, 0.3) is 5.91 Å². The Morgan fingerprint density at radius 1 is 1.10 bits per heavy atom. The van der Waals surface area contributed by atoms with Crippen LogP contribution in [0, 0.1) is 0 Å². The molecule has 2 aromatic rings. The predicted octanol–water partition coefficient (Wildman–Crippen LogP) is 2.05. The zero-order valence-electron chi connectivity index (χ0n) is 20.6. The number of carbonyl (C=O) groups is 6. The van der Waals surface area contributed by atoms with Gasteiger partial charge in [0.2, 0.25) is 17.7 Å². The number of hydrogen-bond acceptors (Lipinski definition) is 6. The van der Waals surface area contributed by atoms with Gasteiger partial charge in [0.1, 0.15) is 18.9 Å². The molecule has 3 N–H and O–H groups in total. The van der Waals surface area contributed by atoms with E-state index in [-0.39, 0.29) is 18.5 Å². The fourth-order valence-electron chi connectivity index (χ4n) is 3.88. The van der Waals surface area contributed by atoms with Gasteiger partial charge in [-0.05, 0) is 35.9 Å². The summed E-state index contributed by atoms with van der Waals surface area (Å²) < 4.78 is 0. The second kappa shape index (κ2) is 13.0. The van der Waals surface area contributed by atoms with Gasteiger partial charge < -0.3 is 25.4 Å². The highest BCUT2D eigenvalue weighted by Gasteiger charge is 2.36. The maximum Gasteiger partial charge on any atom is 0.305 e. The Labute approximate surface area is 233 Å². The first-order chi connectivity index (χ1) is 18.5. The van der Waals surface area contributed by atoms with E-state index >= 15 is 0 Å². The van der Waals surface area contributed by atoms with Gasteiger partial charge in [0.15, 0.2) is 0 Å². The third-order valence-corrected chi connectivity index (χ3v) is 6.41. The largest absolute Gasteiger partial charge is 0.481 e. The molecule has 204 valence electrons. The topological polar surface area (TPSA) is 153 Å². The summed E-state index contributed by atoms with van der Waals surface area (Å²) in [6.07, 6.45) is 2.29. The maximum atomic E-state index is 13.6. The molecular formula is C26H24Cl2N4O7. The van der Waals surface area contributed by atoms with Crippen molar-refractivity contribution in [2.24, 2.45) is 0 Å². The number of carboxylic acid groups (broad SMARTS) is 1. The molecule has 2 atom stereocenters. The van der Waals surface area contributed by atoms with Crippen molar-refractivity contribution in [3.8, 4) is 0 Å². The van der Waals surface area contributed by atoms with Gasteiger partial charge in [-0.2, -0.15) is 0 Å². The molecule has 0 unspecified atom stereocenters. The minimum Gasteiger partial charge on any atom is -0.481 e. The van der Waals surface area contributed by atoms with Crippen molar-refractivity contribution in [3.63, 3.8) is 0 Å². The molecule has 0 fully saturated rings. The number of halogens is 2. The number of benzene rings is 2. The van der Waals surface area contributed by atoms with E-state index in [1.807, 2.05) is 0 Å². The van der Waals surface area contributed by atoms with E-state index in [1.54, 1.807) is 36.4 Å². The quantitative estimate of drug-likeness (QED) is 0.306. The Bertz CT molecular complexity index is 1350. The molecule has 39 heavy (non-hydrogen) atoms. The van der Waals surface area contributed by atoms with Crippen molar-refractivity contribution in [1.29, 1.82) is 0 Å². The highest BCUT2D eigenvalue weighted by molar-refractivity contribution is 6.42. The second-order valence-electron chi connectivity index (χ2n) is 8.52. The smallest absolute Gasteiger partial charge is 0.305 e. The summed E-state index contributed by atoms with van der Waals surface area (Å²) in [6, 6.07) is 8.56. The van der Waals surface area contributed by atoms with E-state index in [2.05, 4.69) is 10.6 Å². The molecule has 0 bridgehead atoms. The van der Waals surface area contributed by atoms with E-state index in [0.717, 1.165) is 4.90 Å². The molecular weight excluding hydrogens is 551 g/mol. The molecule has 0 aromatic heterocycles. The van der Waals surface area contributed by atoms with Crippen LogP contribution in [0.25, 0.3) is 6.08 Å². The minimum absolute atomic E-state index is 0.217. The third-order valence-electron chi connectivity index (χ3n) is 5.67. The SMILES string of the molecule is CC(=O)N1C[C@H](NC(=O)C=Cc2ccc(Cl)c(Cl)c2)C(=O)N(CC(=O)N[C@H](C=O)CC(=O)O)c2ccccc21. The van der Waals surface area contributed by atoms with Crippen LogP contribution in [0.2, 0.25) is 10.0 Å². The molecule has 1 heterocycles. The van der Waals surface area contributed by atoms with Crippen LogP contribution in [-0.2, 0) is 28.8 Å². The molecule has 0 radical (unpaired) electrons. The van der Waals surface area contributed by atoms with Crippen LogP contribution in [0.5, 0.6) is 0 Å². The molecule has 13 heteroatoms. The standard InChI is InChI=1S/C26H24Cl2N4O7/c1-15(34)31-12-20(30-23(35)9-7-16-6-8-18(27)19(28)10-16)26(39)32(22-5-3-2-4-21(22)31)13-24(36)29-17(14-33)11-25(37)38/h2-10,14,17,20H,11-13H2,1H3,(H,29,36)(H,30,35)(H,37,38)/t17-,20-/m0/s1. The zero-order valence-corrected chi connectivity index (χ0v) is 22.1. The molecule has 0 aliphatic carbocycles. The van der Waals surface area contributed by atoms with Crippen molar-refractivity contribution < 1.29 is 33.9 Å². The van der Waals surface area contributed by atoms with Crippen molar-refractivity contribution in [2.75, 3.05) is 22.9 Å². The Kier molecular flexibility index (Phi) is 9.80. The molecule has 3 rings (SSSR count). The fraction of sp³-hybridized carbons (Fsp3) is 0.231. The van der Waals surface area contributed by atoms with Crippen LogP contribution >= 0.6 is 23.2 Å². The highest BCUT2D eigenvalue weighted by Crippen LogP contribution is 2.33. The van der Waals surface area contributed by atoms with Crippen LogP contribution in [-0.4, -0.2) is 66.2 Å². The van der Waals surface area contributed by atoms with Gasteiger partial charge in [0, 0.05) is 13.0 Å². The van der Waals surface area contributed by atoms with Crippen LogP contribution < -0.4 is 20.4 Å². The zero-order chi connectivity index (χ0) is 28.7. The van der Waals surface area contributed by atoms with Gasteiger partial charge >= 0.3 is 5.97 Å². The Balaban J connectivity index is 1.88. The Morgan fingerprint density at radius 2 is 1.79 bits per heavy atom. The van der Waals surface area contributed by atoms with E-state index in [4.69, 9.17) is 28.3 Å². The number of para-hydroxylation sites is 2. The van der Waals surface area contributed by atoms with Gasteiger partial charge in [0.05, 0.1) is 40.4 Å². The van der Waals surface area contributed by atoms with E-state index in [0.29, 0.717) is 21.3 Å². The molecule has 2 aromatic carbocycles. The number of carbonyl (C=O) groups excluding carboxylic acids is 5. The van der Waals surface area contributed by atoms with Crippen molar-refractivity contribution >= 4 is 76.5 Å². The van der Waals surface area contributed by atoms with Crippen LogP contribution in [0.3, 0.4) is 0 Å². The van der Waals surface area contributed by atoms with Crippen molar-refractivity contribution in [3.05, 3.63) is 64.1 Å². The maximum absolute atomic E-state index is 13.6.